The molecule has 104 valence electrons. The first-order chi connectivity index (χ1) is 9.10. The molecule has 0 heterocycles. The summed E-state index contributed by atoms with van der Waals surface area (Å²) in [5.74, 6) is 1.14. The molecule has 0 amide bonds. The van der Waals surface area contributed by atoms with E-state index in [1.54, 1.807) is 13.2 Å². The molecule has 0 aromatic heterocycles. The van der Waals surface area contributed by atoms with Gasteiger partial charge in [-0.15, -0.1) is 0 Å². The first-order valence-corrected chi connectivity index (χ1v) is 7.08. The summed E-state index contributed by atoms with van der Waals surface area (Å²) in [6.45, 7) is 0. The van der Waals surface area contributed by atoms with Gasteiger partial charge in [-0.25, -0.2) is 0 Å². The molecule has 2 N–H and O–H groups in total. The van der Waals surface area contributed by atoms with Gasteiger partial charge in [-0.05, 0) is 43.9 Å². The summed E-state index contributed by atoms with van der Waals surface area (Å²) in [4.78, 5) is 12.3. The van der Waals surface area contributed by atoms with Gasteiger partial charge in [0.25, 0.3) is 0 Å². The van der Waals surface area contributed by atoms with Crippen LogP contribution in [0.2, 0.25) is 5.02 Å². The van der Waals surface area contributed by atoms with Crippen LogP contribution in [-0.2, 0) is 11.2 Å². The van der Waals surface area contributed by atoms with E-state index in [1.165, 1.54) is 0 Å². The molecular weight excluding hydrogens is 262 g/mol. The minimum atomic E-state index is 0.142. The molecule has 0 unspecified atom stereocenters. The van der Waals surface area contributed by atoms with Crippen molar-refractivity contribution in [1.82, 2.24) is 0 Å². The number of methoxy groups -OCH3 is 1. The second-order valence-corrected chi connectivity index (χ2v) is 5.65. The van der Waals surface area contributed by atoms with Crippen molar-refractivity contribution in [3.8, 4) is 5.75 Å². The second-order valence-electron chi connectivity index (χ2n) is 5.21. The molecule has 0 atom stereocenters. The number of hydrogen-bond donors (Lipinski definition) is 1. The number of ether oxygens (including phenoxy) is 1. The van der Waals surface area contributed by atoms with Crippen molar-refractivity contribution >= 4 is 17.4 Å². The van der Waals surface area contributed by atoms with Crippen LogP contribution in [0.1, 0.15) is 31.2 Å². The molecule has 1 fully saturated rings. The first kappa shape index (κ1) is 14.4. The summed E-state index contributed by atoms with van der Waals surface area (Å²) < 4.78 is 5.27. The summed E-state index contributed by atoms with van der Waals surface area (Å²) in [6.07, 6.45) is 4.10. The van der Waals surface area contributed by atoms with Gasteiger partial charge in [0.05, 0.1) is 7.11 Å². The average Bonchev–Trinajstić information content (AvgIpc) is 2.39. The van der Waals surface area contributed by atoms with E-state index in [-0.39, 0.29) is 17.7 Å². The Kier molecular flexibility index (Phi) is 4.83. The van der Waals surface area contributed by atoms with Crippen LogP contribution in [0.15, 0.2) is 18.2 Å². The third kappa shape index (κ3) is 3.71. The minimum absolute atomic E-state index is 0.142. The highest BCUT2D eigenvalue weighted by Crippen LogP contribution is 2.28. The molecule has 1 aliphatic carbocycles. The predicted octanol–water partition coefficient (Wildman–Crippen LogP) is 2.98. The zero-order valence-corrected chi connectivity index (χ0v) is 12.0. The molecule has 4 heteroatoms. The summed E-state index contributed by atoms with van der Waals surface area (Å²) in [5, 5.41) is 0.634. The molecule has 1 aliphatic rings. The van der Waals surface area contributed by atoms with Crippen LogP contribution in [0, 0.1) is 5.92 Å². The molecule has 1 saturated carbocycles. The van der Waals surface area contributed by atoms with Gasteiger partial charge in [0.2, 0.25) is 0 Å². The maximum atomic E-state index is 12.3. The standard InChI is InChI=1S/C15H20ClNO2/c1-19-15-7-4-12(16)8-11(15)9-14(18)10-2-5-13(17)6-3-10/h4,7-8,10,13H,2-3,5-6,9,17H2,1H3. The molecule has 0 spiro atoms. The topological polar surface area (TPSA) is 52.3 Å². The fourth-order valence-electron chi connectivity index (χ4n) is 2.66. The number of ketones is 1. The Hall–Kier alpha value is -1.06. The lowest BCUT2D eigenvalue weighted by atomic mass is 9.82. The number of nitrogens with two attached hydrogens (primary N) is 1. The Bertz CT molecular complexity index is 453. The van der Waals surface area contributed by atoms with Gasteiger partial charge in [0, 0.05) is 29.0 Å². The number of hydrogen-bond acceptors (Lipinski definition) is 3. The van der Waals surface area contributed by atoms with Crippen molar-refractivity contribution < 1.29 is 9.53 Å². The first-order valence-electron chi connectivity index (χ1n) is 6.71. The van der Waals surface area contributed by atoms with Crippen molar-refractivity contribution in [3.05, 3.63) is 28.8 Å². The molecule has 0 saturated heterocycles. The smallest absolute Gasteiger partial charge is 0.140 e. The lowest BCUT2D eigenvalue weighted by Gasteiger charge is -2.25. The van der Waals surface area contributed by atoms with Crippen LogP contribution in [0.25, 0.3) is 0 Å². The third-order valence-electron chi connectivity index (χ3n) is 3.83. The van der Waals surface area contributed by atoms with E-state index in [4.69, 9.17) is 22.1 Å². The zero-order valence-electron chi connectivity index (χ0n) is 11.2. The van der Waals surface area contributed by atoms with E-state index in [1.807, 2.05) is 12.1 Å². The number of carbonyl (C=O) groups is 1. The molecule has 1 aromatic carbocycles. The highest BCUT2D eigenvalue weighted by molar-refractivity contribution is 6.30. The van der Waals surface area contributed by atoms with Gasteiger partial charge >= 0.3 is 0 Å². The van der Waals surface area contributed by atoms with Crippen LogP contribution in [-0.4, -0.2) is 18.9 Å². The van der Waals surface area contributed by atoms with Crippen LogP contribution in [0.3, 0.4) is 0 Å². The number of halogens is 1. The largest absolute Gasteiger partial charge is 0.496 e. The molecule has 3 nitrogen and oxygen atoms in total. The summed E-state index contributed by atoms with van der Waals surface area (Å²) in [7, 11) is 1.61. The number of rotatable bonds is 4. The average molecular weight is 282 g/mol. The Morgan fingerprint density at radius 2 is 2.05 bits per heavy atom. The fourth-order valence-corrected chi connectivity index (χ4v) is 2.85. The van der Waals surface area contributed by atoms with E-state index < -0.39 is 0 Å². The van der Waals surface area contributed by atoms with Crippen LogP contribution in [0.4, 0.5) is 0 Å². The van der Waals surface area contributed by atoms with E-state index in [9.17, 15) is 4.79 Å². The summed E-state index contributed by atoms with van der Waals surface area (Å²) >= 11 is 5.98. The SMILES string of the molecule is COc1ccc(Cl)cc1CC(=O)C1CCC(N)CC1. The van der Waals surface area contributed by atoms with E-state index in [2.05, 4.69) is 0 Å². The van der Waals surface area contributed by atoms with E-state index >= 15 is 0 Å². The third-order valence-corrected chi connectivity index (χ3v) is 4.07. The van der Waals surface area contributed by atoms with Gasteiger partial charge < -0.3 is 10.5 Å². The number of carbonyl (C=O) groups excluding carboxylic acids is 1. The Morgan fingerprint density at radius 1 is 1.37 bits per heavy atom. The molecule has 1 aromatic rings. The summed E-state index contributed by atoms with van der Waals surface area (Å²) in [6, 6.07) is 5.66. The zero-order chi connectivity index (χ0) is 13.8. The molecule has 2 rings (SSSR count). The highest BCUT2D eigenvalue weighted by Gasteiger charge is 2.25. The highest BCUT2D eigenvalue weighted by atomic mass is 35.5. The van der Waals surface area contributed by atoms with Gasteiger partial charge in [-0.3, -0.25) is 4.79 Å². The van der Waals surface area contributed by atoms with Crippen molar-refractivity contribution in [1.29, 1.82) is 0 Å². The van der Waals surface area contributed by atoms with Crippen molar-refractivity contribution in [3.63, 3.8) is 0 Å². The minimum Gasteiger partial charge on any atom is -0.496 e. The summed E-state index contributed by atoms with van der Waals surface area (Å²) in [5.41, 5.74) is 6.74. The van der Waals surface area contributed by atoms with Gasteiger partial charge in [-0.2, -0.15) is 0 Å². The number of benzene rings is 1. The second kappa shape index (κ2) is 6.40. The van der Waals surface area contributed by atoms with Crippen molar-refractivity contribution in [2.75, 3.05) is 7.11 Å². The van der Waals surface area contributed by atoms with Crippen LogP contribution in [0.5, 0.6) is 5.75 Å². The van der Waals surface area contributed by atoms with Crippen molar-refractivity contribution in [2.45, 2.75) is 38.1 Å². The Balaban J connectivity index is 2.04. The number of Topliss-reactive ketones (excluding diaryl/α,β-unsaturated/α-hetero) is 1. The fraction of sp³-hybridized carbons (Fsp3) is 0.533. The van der Waals surface area contributed by atoms with E-state index in [0.717, 1.165) is 37.0 Å². The molecule has 19 heavy (non-hydrogen) atoms. The molecule has 0 bridgehead atoms. The Labute approximate surface area is 119 Å². The lowest BCUT2D eigenvalue weighted by Crippen LogP contribution is -2.30. The lowest BCUT2D eigenvalue weighted by molar-refractivity contribution is -0.123. The normalized spacial score (nSPS) is 23.1. The quantitative estimate of drug-likeness (QED) is 0.923. The Morgan fingerprint density at radius 3 is 2.68 bits per heavy atom. The van der Waals surface area contributed by atoms with Crippen LogP contribution >= 0.6 is 11.6 Å². The van der Waals surface area contributed by atoms with Crippen LogP contribution < -0.4 is 10.5 Å². The van der Waals surface area contributed by atoms with Gasteiger partial charge in [-0.1, -0.05) is 11.6 Å². The predicted molar refractivity (Wildman–Crippen MR) is 76.6 cm³/mol. The monoisotopic (exact) mass is 281 g/mol. The maximum absolute atomic E-state index is 12.3. The van der Waals surface area contributed by atoms with Crippen molar-refractivity contribution in [2.24, 2.45) is 11.7 Å². The van der Waals surface area contributed by atoms with Gasteiger partial charge in [0.1, 0.15) is 11.5 Å². The molecule has 0 radical (unpaired) electrons. The van der Waals surface area contributed by atoms with Gasteiger partial charge in [0.15, 0.2) is 0 Å². The maximum Gasteiger partial charge on any atom is 0.140 e. The molecular formula is C15H20ClNO2. The van der Waals surface area contributed by atoms with E-state index in [0.29, 0.717) is 11.4 Å². The molecule has 0 aliphatic heterocycles.